The molecule has 0 spiro atoms. The molecule has 2 atom stereocenters. The average Bonchev–Trinajstić information content (AvgIpc) is 3.09. The van der Waals surface area contributed by atoms with Gasteiger partial charge < -0.3 is 18.7 Å². The van der Waals surface area contributed by atoms with Crippen LogP contribution < -0.4 is 0 Å². The Kier molecular flexibility index (Phi) is 4.96. The van der Waals surface area contributed by atoms with E-state index in [9.17, 15) is 4.79 Å². The summed E-state index contributed by atoms with van der Waals surface area (Å²) in [7, 11) is 1.60. The monoisotopic (exact) mass is 375 g/mol. The Bertz CT molecular complexity index is 797. The molecule has 1 amide bonds. The average molecular weight is 375 g/mol. The van der Waals surface area contributed by atoms with Gasteiger partial charge in [-0.25, -0.2) is 0 Å². The van der Waals surface area contributed by atoms with Crippen molar-refractivity contribution in [1.29, 1.82) is 0 Å². The number of carbonyl (C=O) groups excluding carboxylic acids is 1. The maximum atomic E-state index is 13.0. The summed E-state index contributed by atoms with van der Waals surface area (Å²) in [5, 5.41) is 7.93. The van der Waals surface area contributed by atoms with E-state index in [0.717, 1.165) is 42.9 Å². The summed E-state index contributed by atoms with van der Waals surface area (Å²) in [4.78, 5) is 21.6. The van der Waals surface area contributed by atoms with E-state index >= 15 is 0 Å². The highest BCUT2D eigenvalue weighted by molar-refractivity contribution is 5.80. The van der Waals surface area contributed by atoms with Gasteiger partial charge in [0.1, 0.15) is 12.4 Å². The Morgan fingerprint density at radius 2 is 2.00 bits per heavy atom. The zero-order chi connectivity index (χ0) is 19.0. The van der Waals surface area contributed by atoms with Crippen molar-refractivity contribution in [2.75, 3.05) is 20.2 Å². The molecule has 9 nitrogen and oxygen atoms in total. The standard InChI is InChI=1S/C18H25N5O4/c1-11-15(12(2)26-20-11)8-23-14-5-4-13(18(23)24)6-22(7-14)9-17-19-16(10-25-3)21-27-17/h13-14H,4-10H2,1-3H3/t13-,14+/m0/s1. The summed E-state index contributed by atoms with van der Waals surface area (Å²) in [6.07, 6.45) is 1.94. The van der Waals surface area contributed by atoms with Crippen molar-refractivity contribution < 1.29 is 18.6 Å². The Morgan fingerprint density at radius 1 is 1.15 bits per heavy atom. The third-order valence-corrected chi connectivity index (χ3v) is 5.52. The molecule has 0 aliphatic carbocycles. The summed E-state index contributed by atoms with van der Waals surface area (Å²) < 4.78 is 15.6. The number of aryl methyl sites for hydroxylation is 2. The van der Waals surface area contributed by atoms with Crippen LogP contribution in [0.5, 0.6) is 0 Å². The second-order valence-corrected chi connectivity index (χ2v) is 7.43. The minimum Gasteiger partial charge on any atom is -0.377 e. The summed E-state index contributed by atoms with van der Waals surface area (Å²) in [5.74, 6) is 2.12. The zero-order valence-corrected chi connectivity index (χ0v) is 16.0. The Morgan fingerprint density at radius 3 is 2.74 bits per heavy atom. The fourth-order valence-corrected chi connectivity index (χ4v) is 4.10. The summed E-state index contributed by atoms with van der Waals surface area (Å²) in [6.45, 7) is 6.78. The molecule has 3 saturated heterocycles. The molecule has 5 rings (SSSR count). The van der Waals surface area contributed by atoms with Crippen molar-refractivity contribution in [3.8, 4) is 0 Å². The zero-order valence-electron chi connectivity index (χ0n) is 16.0. The SMILES string of the molecule is COCc1noc(CN2C[C@@H]3CC[C@H](C2)N(Cc2c(C)noc2C)C3=O)n1. The molecule has 27 heavy (non-hydrogen) atoms. The molecule has 0 N–H and O–H groups in total. The van der Waals surface area contributed by atoms with Crippen LogP contribution in [0.25, 0.3) is 0 Å². The first-order valence-corrected chi connectivity index (χ1v) is 9.30. The number of piperidine rings is 1. The van der Waals surface area contributed by atoms with Crippen LogP contribution in [0.1, 0.15) is 41.6 Å². The van der Waals surface area contributed by atoms with Crippen LogP contribution >= 0.6 is 0 Å². The molecule has 0 radical (unpaired) electrons. The lowest BCUT2D eigenvalue weighted by Crippen LogP contribution is -2.47. The van der Waals surface area contributed by atoms with Gasteiger partial charge >= 0.3 is 0 Å². The molecule has 3 aliphatic heterocycles. The van der Waals surface area contributed by atoms with Gasteiger partial charge in [-0.15, -0.1) is 0 Å². The summed E-state index contributed by atoms with van der Waals surface area (Å²) >= 11 is 0. The van der Waals surface area contributed by atoms with Crippen molar-refractivity contribution in [1.82, 2.24) is 25.1 Å². The largest absolute Gasteiger partial charge is 0.377 e. The Balaban J connectivity index is 1.48. The molecule has 9 heteroatoms. The minimum atomic E-state index is 0.00518. The van der Waals surface area contributed by atoms with Gasteiger partial charge in [-0.1, -0.05) is 10.3 Å². The molecule has 0 saturated carbocycles. The topological polar surface area (TPSA) is 97.7 Å². The molecule has 0 aromatic carbocycles. The normalized spacial score (nSPS) is 23.2. The quantitative estimate of drug-likeness (QED) is 0.748. The van der Waals surface area contributed by atoms with E-state index in [1.54, 1.807) is 7.11 Å². The molecule has 3 aliphatic rings. The molecular weight excluding hydrogens is 350 g/mol. The summed E-state index contributed by atoms with van der Waals surface area (Å²) in [5.41, 5.74) is 1.87. The third-order valence-electron chi connectivity index (χ3n) is 5.52. The van der Waals surface area contributed by atoms with Crippen LogP contribution in [0.4, 0.5) is 0 Å². The molecule has 2 aromatic heterocycles. The fraction of sp³-hybridized carbons (Fsp3) is 0.667. The van der Waals surface area contributed by atoms with Gasteiger partial charge in [-0.05, 0) is 26.7 Å². The third kappa shape index (κ3) is 3.61. The fourth-order valence-electron chi connectivity index (χ4n) is 4.10. The maximum Gasteiger partial charge on any atom is 0.240 e. The minimum absolute atomic E-state index is 0.00518. The van der Waals surface area contributed by atoms with Crippen molar-refractivity contribution >= 4 is 5.91 Å². The Hall–Kier alpha value is -2.26. The van der Waals surface area contributed by atoms with Gasteiger partial charge in [0.25, 0.3) is 0 Å². The smallest absolute Gasteiger partial charge is 0.240 e. The van der Waals surface area contributed by atoms with Gasteiger partial charge in [0.2, 0.25) is 11.8 Å². The van der Waals surface area contributed by atoms with E-state index in [2.05, 4.69) is 20.2 Å². The molecule has 146 valence electrons. The van der Waals surface area contributed by atoms with Crippen LogP contribution in [-0.4, -0.2) is 57.2 Å². The number of amides is 1. The van der Waals surface area contributed by atoms with E-state index in [1.807, 2.05) is 18.7 Å². The van der Waals surface area contributed by atoms with E-state index in [4.69, 9.17) is 13.8 Å². The van der Waals surface area contributed by atoms with Gasteiger partial charge in [0.05, 0.1) is 24.7 Å². The van der Waals surface area contributed by atoms with E-state index in [1.165, 1.54) is 0 Å². The molecular formula is C18H25N5O4. The predicted octanol–water partition coefficient (Wildman–Crippen LogP) is 1.44. The number of rotatable bonds is 6. The number of hydrogen-bond donors (Lipinski definition) is 0. The van der Waals surface area contributed by atoms with E-state index in [-0.39, 0.29) is 17.9 Å². The first-order chi connectivity index (χ1) is 13.0. The van der Waals surface area contributed by atoms with E-state index < -0.39 is 0 Å². The number of methoxy groups -OCH3 is 1. The molecule has 5 heterocycles. The number of ether oxygens (including phenoxy) is 1. The number of hydrogen-bond acceptors (Lipinski definition) is 8. The van der Waals surface area contributed by atoms with Crippen LogP contribution in [-0.2, 0) is 29.2 Å². The van der Waals surface area contributed by atoms with Crippen LogP contribution in [0.15, 0.2) is 9.05 Å². The Labute approximate surface area is 157 Å². The highest BCUT2D eigenvalue weighted by Crippen LogP contribution is 2.31. The van der Waals surface area contributed by atoms with E-state index in [0.29, 0.717) is 31.4 Å². The number of fused-ring (bicyclic) bond motifs is 4. The number of aromatic nitrogens is 3. The van der Waals surface area contributed by atoms with Crippen LogP contribution in [0.3, 0.4) is 0 Å². The van der Waals surface area contributed by atoms with Crippen LogP contribution in [0, 0.1) is 19.8 Å². The van der Waals surface area contributed by atoms with Crippen molar-refractivity contribution in [2.24, 2.45) is 5.92 Å². The summed E-state index contributed by atoms with van der Waals surface area (Å²) in [6, 6.07) is 0.173. The van der Waals surface area contributed by atoms with Gasteiger partial charge in [-0.2, -0.15) is 4.98 Å². The highest BCUT2D eigenvalue weighted by atomic mass is 16.5. The second kappa shape index (κ2) is 7.40. The van der Waals surface area contributed by atoms with Crippen molar-refractivity contribution in [3.05, 3.63) is 28.7 Å². The second-order valence-electron chi connectivity index (χ2n) is 7.43. The molecule has 0 unspecified atom stereocenters. The first-order valence-electron chi connectivity index (χ1n) is 9.30. The highest BCUT2D eigenvalue weighted by Gasteiger charge is 2.41. The van der Waals surface area contributed by atoms with Crippen LogP contribution in [0.2, 0.25) is 0 Å². The molecule has 2 bridgehead atoms. The van der Waals surface area contributed by atoms with Gasteiger partial charge in [0.15, 0.2) is 5.82 Å². The van der Waals surface area contributed by atoms with Gasteiger partial charge in [-0.3, -0.25) is 9.69 Å². The lowest BCUT2D eigenvalue weighted by molar-refractivity contribution is -0.140. The number of nitrogens with zero attached hydrogens (tertiary/aromatic N) is 5. The molecule has 3 fully saturated rings. The lowest BCUT2D eigenvalue weighted by atomic mass is 9.93. The van der Waals surface area contributed by atoms with Gasteiger partial charge in [0, 0.05) is 31.8 Å². The first kappa shape index (κ1) is 18.1. The number of carbonyl (C=O) groups is 1. The predicted molar refractivity (Wildman–Crippen MR) is 93.3 cm³/mol. The van der Waals surface area contributed by atoms with Crippen molar-refractivity contribution in [3.63, 3.8) is 0 Å². The lowest BCUT2D eigenvalue weighted by Gasteiger charge is -2.36. The molecule has 2 aromatic rings. The van der Waals surface area contributed by atoms with Crippen molar-refractivity contribution in [2.45, 2.75) is 52.4 Å². The maximum absolute atomic E-state index is 13.0.